The van der Waals surface area contributed by atoms with Crippen LogP contribution in [0.2, 0.25) is 0 Å². The molecule has 0 spiro atoms. The molecule has 2 aliphatic rings. The lowest BCUT2D eigenvalue weighted by Crippen LogP contribution is -2.34. The van der Waals surface area contributed by atoms with Gasteiger partial charge in [0.2, 0.25) is 0 Å². The number of benzene rings is 1. The first-order valence-electron chi connectivity index (χ1n) is 11.2. The van der Waals surface area contributed by atoms with E-state index in [0.29, 0.717) is 37.3 Å². The van der Waals surface area contributed by atoms with E-state index >= 15 is 0 Å². The lowest BCUT2D eigenvalue weighted by molar-refractivity contribution is 0.102. The molecule has 6 heteroatoms. The van der Waals surface area contributed by atoms with Crippen LogP contribution >= 0.6 is 0 Å². The number of nitrogens with one attached hydrogen (secondary N) is 1. The van der Waals surface area contributed by atoms with Crippen molar-refractivity contribution in [1.29, 1.82) is 0 Å². The van der Waals surface area contributed by atoms with E-state index in [1.165, 1.54) is 18.9 Å². The molecular formula is C24H32FN3O2. The van der Waals surface area contributed by atoms with Crippen molar-refractivity contribution in [1.82, 2.24) is 10.3 Å². The van der Waals surface area contributed by atoms with Gasteiger partial charge in [-0.05, 0) is 50.6 Å². The lowest BCUT2D eigenvalue weighted by Gasteiger charge is -2.33. The summed E-state index contributed by atoms with van der Waals surface area (Å²) in [6, 6.07) is 9.39. The average molecular weight is 414 g/mol. The van der Waals surface area contributed by atoms with Crippen LogP contribution in [0.5, 0.6) is 5.75 Å². The zero-order valence-corrected chi connectivity index (χ0v) is 17.6. The second kappa shape index (κ2) is 10.7. The van der Waals surface area contributed by atoms with Crippen molar-refractivity contribution < 1.29 is 13.9 Å². The molecule has 0 radical (unpaired) electrons. The molecule has 2 aliphatic heterocycles. The maximum atomic E-state index is 13.6. The van der Waals surface area contributed by atoms with Gasteiger partial charge in [0.1, 0.15) is 18.2 Å². The Bertz CT molecular complexity index is 790. The van der Waals surface area contributed by atoms with Crippen LogP contribution in [0.1, 0.15) is 37.7 Å². The molecule has 3 heterocycles. The Morgan fingerprint density at radius 2 is 2.00 bits per heavy atom. The Hall–Kier alpha value is -2.18. The van der Waals surface area contributed by atoms with E-state index < -0.39 is 0 Å². The minimum atomic E-state index is -0.190. The summed E-state index contributed by atoms with van der Waals surface area (Å²) in [7, 11) is 0. The van der Waals surface area contributed by atoms with Gasteiger partial charge in [-0.3, -0.25) is 4.98 Å². The fourth-order valence-electron chi connectivity index (χ4n) is 4.28. The SMILES string of the molecule is Fc1ccccc1COCCC1CCN(c2cncc(OCC3CCCN3)c2)CC1. The van der Waals surface area contributed by atoms with Gasteiger partial charge in [0.25, 0.3) is 0 Å². The summed E-state index contributed by atoms with van der Waals surface area (Å²) < 4.78 is 25.3. The van der Waals surface area contributed by atoms with Crippen LogP contribution in [-0.2, 0) is 11.3 Å². The molecule has 0 amide bonds. The van der Waals surface area contributed by atoms with E-state index in [1.807, 2.05) is 12.3 Å². The number of aromatic nitrogens is 1. The topological polar surface area (TPSA) is 46.6 Å². The van der Waals surface area contributed by atoms with Crippen molar-refractivity contribution in [3.8, 4) is 5.75 Å². The van der Waals surface area contributed by atoms with Crippen LogP contribution in [-0.4, -0.2) is 43.9 Å². The molecule has 2 fully saturated rings. The van der Waals surface area contributed by atoms with E-state index in [4.69, 9.17) is 9.47 Å². The number of ether oxygens (including phenoxy) is 2. The largest absolute Gasteiger partial charge is 0.490 e. The Morgan fingerprint density at radius 1 is 1.13 bits per heavy atom. The smallest absolute Gasteiger partial charge is 0.139 e. The second-order valence-electron chi connectivity index (χ2n) is 8.35. The minimum Gasteiger partial charge on any atom is -0.490 e. The zero-order valence-electron chi connectivity index (χ0n) is 17.6. The first-order chi connectivity index (χ1) is 14.8. The summed E-state index contributed by atoms with van der Waals surface area (Å²) in [4.78, 5) is 6.78. The van der Waals surface area contributed by atoms with Gasteiger partial charge in [0.15, 0.2) is 0 Å². The van der Waals surface area contributed by atoms with Crippen molar-refractivity contribution in [3.05, 3.63) is 54.1 Å². The Morgan fingerprint density at radius 3 is 2.80 bits per heavy atom. The van der Waals surface area contributed by atoms with Crippen molar-refractivity contribution in [2.75, 3.05) is 37.7 Å². The molecule has 2 saturated heterocycles. The van der Waals surface area contributed by atoms with Gasteiger partial charge < -0.3 is 19.7 Å². The molecule has 0 bridgehead atoms. The van der Waals surface area contributed by atoms with Gasteiger partial charge in [-0.1, -0.05) is 18.2 Å². The fraction of sp³-hybridized carbons (Fsp3) is 0.542. The molecule has 1 N–H and O–H groups in total. The highest BCUT2D eigenvalue weighted by Gasteiger charge is 2.20. The quantitative estimate of drug-likeness (QED) is 0.625. The van der Waals surface area contributed by atoms with Gasteiger partial charge in [0.05, 0.1) is 24.7 Å². The molecule has 1 aromatic carbocycles. The van der Waals surface area contributed by atoms with Gasteiger partial charge in [-0.25, -0.2) is 4.39 Å². The van der Waals surface area contributed by atoms with Crippen LogP contribution in [0.25, 0.3) is 0 Å². The highest BCUT2D eigenvalue weighted by atomic mass is 19.1. The molecule has 2 aromatic rings. The number of nitrogens with zero attached hydrogens (tertiary/aromatic N) is 2. The number of anilines is 1. The van der Waals surface area contributed by atoms with E-state index in [2.05, 4.69) is 21.3 Å². The van der Waals surface area contributed by atoms with E-state index in [1.54, 1.807) is 18.3 Å². The Balaban J connectivity index is 1.17. The van der Waals surface area contributed by atoms with Crippen LogP contribution < -0.4 is 15.0 Å². The van der Waals surface area contributed by atoms with E-state index in [9.17, 15) is 4.39 Å². The third kappa shape index (κ3) is 5.92. The molecule has 4 rings (SSSR count). The second-order valence-corrected chi connectivity index (χ2v) is 8.35. The predicted octanol–water partition coefficient (Wildman–Crippen LogP) is 4.17. The summed E-state index contributed by atoms with van der Waals surface area (Å²) in [5.74, 6) is 1.32. The minimum absolute atomic E-state index is 0.190. The van der Waals surface area contributed by atoms with Crippen molar-refractivity contribution in [3.63, 3.8) is 0 Å². The molecule has 5 nitrogen and oxygen atoms in total. The number of halogens is 1. The summed E-state index contributed by atoms with van der Waals surface area (Å²) >= 11 is 0. The third-order valence-corrected chi connectivity index (χ3v) is 6.18. The van der Waals surface area contributed by atoms with Crippen LogP contribution in [0.3, 0.4) is 0 Å². The van der Waals surface area contributed by atoms with Gasteiger partial charge in [-0.2, -0.15) is 0 Å². The maximum Gasteiger partial charge on any atom is 0.139 e. The monoisotopic (exact) mass is 413 g/mol. The van der Waals surface area contributed by atoms with Gasteiger partial charge in [-0.15, -0.1) is 0 Å². The first-order valence-corrected chi connectivity index (χ1v) is 11.2. The summed E-state index contributed by atoms with van der Waals surface area (Å²) in [6.07, 6.45) is 9.45. The third-order valence-electron chi connectivity index (χ3n) is 6.18. The molecule has 30 heavy (non-hydrogen) atoms. The van der Waals surface area contributed by atoms with Crippen molar-refractivity contribution in [2.45, 2.75) is 44.8 Å². The summed E-state index contributed by atoms with van der Waals surface area (Å²) in [5, 5.41) is 3.46. The van der Waals surface area contributed by atoms with E-state index in [-0.39, 0.29) is 5.82 Å². The molecule has 1 unspecified atom stereocenters. The van der Waals surface area contributed by atoms with Gasteiger partial charge in [0, 0.05) is 37.4 Å². The number of hydrogen-bond acceptors (Lipinski definition) is 5. The fourth-order valence-corrected chi connectivity index (χ4v) is 4.28. The molecule has 0 saturated carbocycles. The van der Waals surface area contributed by atoms with Gasteiger partial charge >= 0.3 is 0 Å². The standard InChI is InChI=1S/C24H32FN3O2/c25-24-6-2-1-4-20(24)17-29-13-9-19-7-11-28(12-8-19)22-14-23(16-26-15-22)30-18-21-5-3-10-27-21/h1-2,4,6,14-16,19,21,27H,3,5,7-13,17-18H2. The number of rotatable bonds is 9. The van der Waals surface area contributed by atoms with E-state index in [0.717, 1.165) is 50.3 Å². The zero-order chi connectivity index (χ0) is 20.6. The molecule has 0 aliphatic carbocycles. The number of hydrogen-bond donors (Lipinski definition) is 1. The number of piperidine rings is 1. The highest BCUT2D eigenvalue weighted by Crippen LogP contribution is 2.27. The summed E-state index contributed by atoms with van der Waals surface area (Å²) in [6.45, 7) is 4.87. The van der Waals surface area contributed by atoms with Crippen LogP contribution in [0, 0.1) is 11.7 Å². The molecule has 162 valence electrons. The number of pyridine rings is 1. The molecule has 1 atom stereocenters. The Labute approximate surface area is 178 Å². The highest BCUT2D eigenvalue weighted by molar-refractivity contribution is 5.48. The van der Waals surface area contributed by atoms with Crippen LogP contribution in [0.15, 0.2) is 42.7 Å². The maximum absolute atomic E-state index is 13.6. The summed E-state index contributed by atoms with van der Waals surface area (Å²) in [5.41, 5.74) is 1.77. The average Bonchev–Trinajstić information content (AvgIpc) is 3.31. The Kier molecular flexibility index (Phi) is 7.54. The van der Waals surface area contributed by atoms with Crippen molar-refractivity contribution in [2.24, 2.45) is 5.92 Å². The predicted molar refractivity (Wildman–Crippen MR) is 116 cm³/mol. The molecular weight excluding hydrogens is 381 g/mol. The van der Waals surface area contributed by atoms with Crippen LogP contribution in [0.4, 0.5) is 10.1 Å². The normalized spacial score (nSPS) is 19.9. The lowest BCUT2D eigenvalue weighted by atomic mass is 9.94. The first kappa shape index (κ1) is 21.1. The molecule has 1 aromatic heterocycles. The van der Waals surface area contributed by atoms with Crippen molar-refractivity contribution >= 4 is 5.69 Å².